The molecule has 2 rings (SSSR count). The van der Waals surface area contributed by atoms with E-state index >= 15 is 0 Å². The Morgan fingerprint density at radius 3 is 3.00 bits per heavy atom. The fourth-order valence-electron chi connectivity index (χ4n) is 1.65. The van der Waals surface area contributed by atoms with Crippen molar-refractivity contribution in [2.75, 3.05) is 13.7 Å². The number of thioether (sulfide) groups is 1. The molecule has 0 bridgehead atoms. The minimum Gasteiger partial charge on any atom is -0.385 e. The number of halogens is 1. The number of aryl methyl sites for hydroxylation is 1. The van der Waals surface area contributed by atoms with Gasteiger partial charge in [0.05, 0.1) is 0 Å². The number of nitrogens with zero attached hydrogens (tertiary/aromatic N) is 3. The molecule has 0 aliphatic heterocycles. The SMILES string of the molecule is COCCCn1cnnc1SCc1ccccc1F. The average molecular weight is 281 g/mol. The van der Waals surface area contributed by atoms with Crippen molar-refractivity contribution in [2.24, 2.45) is 0 Å². The predicted octanol–water partition coefficient (Wildman–Crippen LogP) is 2.75. The van der Waals surface area contributed by atoms with Crippen LogP contribution in [0.1, 0.15) is 12.0 Å². The zero-order valence-corrected chi connectivity index (χ0v) is 11.6. The third-order valence-electron chi connectivity index (χ3n) is 2.64. The van der Waals surface area contributed by atoms with E-state index in [4.69, 9.17) is 4.74 Å². The van der Waals surface area contributed by atoms with Crippen molar-refractivity contribution < 1.29 is 9.13 Å². The molecule has 2 aromatic rings. The maximum Gasteiger partial charge on any atom is 0.191 e. The van der Waals surface area contributed by atoms with Crippen molar-refractivity contribution in [3.05, 3.63) is 42.0 Å². The summed E-state index contributed by atoms with van der Waals surface area (Å²) in [5, 5.41) is 8.75. The molecule has 1 aromatic heterocycles. The van der Waals surface area contributed by atoms with Gasteiger partial charge in [0, 0.05) is 26.0 Å². The fourth-order valence-corrected chi connectivity index (χ4v) is 2.57. The molecule has 0 saturated carbocycles. The van der Waals surface area contributed by atoms with Crippen LogP contribution in [0.5, 0.6) is 0 Å². The summed E-state index contributed by atoms with van der Waals surface area (Å²) in [6, 6.07) is 6.78. The summed E-state index contributed by atoms with van der Waals surface area (Å²) in [6.07, 6.45) is 2.60. The number of rotatable bonds is 7. The van der Waals surface area contributed by atoms with Crippen LogP contribution in [0.4, 0.5) is 4.39 Å². The Morgan fingerprint density at radius 1 is 1.37 bits per heavy atom. The molecule has 0 amide bonds. The molecule has 4 nitrogen and oxygen atoms in total. The Labute approximate surface area is 116 Å². The normalized spacial score (nSPS) is 10.8. The Balaban J connectivity index is 1.93. The van der Waals surface area contributed by atoms with E-state index in [9.17, 15) is 4.39 Å². The van der Waals surface area contributed by atoms with Crippen molar-refractivity contribution in [1.82, 2.24) is 14.8 Å². The molecule has 19 heavy (non-hydrogen) atoms. The molecule has 0 aliphatic rings. The molecule has 0 aliphatic carbocycles. The summed E-state index contributed by atoms with van der Waals surface area (Å²) in [6.45, 7) is 1.51. The largest absolute Gasteiger partial charge is 0.385 e. The van der Waals surface area contributed by atoms with E-state index in [1.165, 1.54) is 17.8 Å². The number of hydrogen-bond acceptors (Lipinski definition) is 4. The van der Waals surface area contributed by atoms with Crippen LogP contribution in [0, 0.1) is 5.82 Å². The highest BCUT2D eigenvalue weighted by molar-refractivity contribution is 7.98. The second-order valence-electron chi connectivity index (χ2n) is 4.03. The van der Waals surface area contributed by atoms with Crippen LogP contribution < -0.4 is 0 Å². The first kappa shape index (κ1) is 14.0. The highest BCUT2D eigenvalue weighted by atomic mass is 32.2. The predicted molar refractivity (Wildman–Crippen MR) is 72.5 cm³/mol. The van der Waals surface area contributed by atoms with Crippen molar-refractivity contribution in [3.8, 4) is 0 Å². The van der Waals surface area contributed by atoms with E-state index in [1.807, 2.05) is 10.6 Å². The van der Waals surface area contributed by atoms with E-state index in [0.717, 1.165) is 18.1 Å². The lowest BCUT2D eigenvalue weighted by atomic mass is 10.2. The van der Waals surface area contributed by atoms with Gasteiger partial charge >= 0.3 is 0 Å². The van der Waals surface area contributed by atoms with Gasteiger partial charge < -0.3 is 9.30 Å². The first-order valence-electron chi connectivity index (χ1n) is 6.04. The summed E-state index contributed by atoms with van der Waals surface area (Å²) in [7, 11) is 1.68. The third kappa shape index (κ3) is 4.04. The molecule has 0 fully saturated rings. The first-order valence-corrected chi connectivity index (χ1v) is 7.03. The van der Waals surface area contributed by atoms with Crippen LogP contribution in [0.2, 0.25) is 0 Å². The third-order valence-corrected chi connectivity index (χ3v) is 3.67. The average Bonchev–Trinajstić information content (AvgIpc) is 2.86. The van der Waals surface area contributed by atoms with Crippen molar-refractivity contribution in [1.29, 1.82) is 0 Å². The Morgan fingerprint density at radius 2 is 2.21 bits per heavy atom. The molecular weight excluding hydrogens is 265 g/mol. The number of ether oxygens (including phenoxy) is 1. The molecular formula is C13H16FN3OS. The van der Waals surface area contributed by atoms with E-state index in [-0.39, 0.29) is 5.82 Å². The monoisotopic (exact) mass is 281 g/mol. The maximum atomic E-state index is 13.5. The van der Waals surface area contributed by atoms with Gasteiger partial charge in [-0.05, 0) is 18.1 Å². The van der Waals surface area contributed by atoms with Crippen LogP contribution in [0.15, 0.2) is 35.7 Å². The molecule has 0 N–H and O–H groups in total. The van der Waals surface area contributed by atoms with Gasteiger partial charge in [-0.2, -0.15) is 0 Å². The Bertz CT molecular complexity index is 518. The summed E-state index contributed by atoms with van der Waals surface area (Å²) in [4.78, 5) is 0. The standard InChI is InChI=1S/C13H16FN3OS/c1-18-8-4-7-17-10-15-16-13(17)19-9-11-5-2-3-6-12(11)14/h2-3,5-6,10H,4,7-9H2,1H3. The smallest absolute Gasteiger partial charge is 0.191 e. The van der Waals surface area contributed by atoms with Gasteiger partial charge in [0.2, 0.25) is 0 Å². The van der Waals surface area contributed by atoms with Gasteiger partial charge in [-0.25, -0.2) is 4.39 Å². The lowest BCUT2D eigenvalue weighted by molar-refractivity contribution is 0.189. The summed E-state index contributed by atoms with van der Waals surface area (Å²) < 4.78 is 20.5. The fraction of sp³-hybridized carbons (Fsp3) is 0.385. The molecule has 0 saturated heterocycles. The first-order chi connectivity index (χ1) is 9.31. The minimum absolute atomic E-state index is 0.180. The van der Waals surface area contributed by atoms with Gasteiger partial charge in [-0.3, -0.25) is 0 Å². The molecule has 102 valence electrons. The van der Waals surface area contributed by atoms with Gasteiger partial charge in [-0.1, -0.05) is 30.0 Å². The molecule has 6 heteroatoms. The molecule has 1 heterocycles. The van der Waals surface area contributed by atoms with Crippen LogP contribution in [0.3, 0.4) is 0 Å². The molecule has 0 unspecified atom stereocenters. The second kappa shape index (κ2) is 7.25. The van der Waals surface area contributed by atoms with Gasteiger partial charge in [-0.15, -0.1) is 10.2 Å². The highest BCUT2D eigenvalue weighted by Gasteiger charge is 2.07. The Kier molecular flexibility index (Phi) is 5.35. The van der Waals surface area contributed by atoms with Crippen LogP contribution in [-0.4, -0.2) is 28.5 Å². The molecule has 0 radical (unpaired) electrons. The van der Waals surface area contributed by atoms with Gasteiger partial charge in [0.1, 0.15) is 12.1 Å². The van der Waals surface area contributed by atoms with Crippen LogP contribution in [0.25, 0.3) is 0 Å². The highest BCUT2D eigenvalue weighted by Crippen LogP contribution is 2.22. The van der Waals surface area contributed by atoms with Crippen molar-refractivity contribution in [2.45, 2.75) is 23.9 Å². The summed E-state index contributed by atoms with van der Waals surface area (Å²) in [5.74, 6) is 0.371. The van der Waals surface area contributed by atoms with E-state index < -0.39 is 0 Å². The van der Waals surface area contributed by atoms with E-state index in [0.29, 0.717) is 17.9 Å². The lowest BCUT2D eigenvalue weighted by Crippen LogP contribution is -2.02. The van der Waals surface area contributed by atoms with Gasteiger partial charge in [0.15, 0.2) is 5.16 Å². The molecule has 0 atom stereocenters. The molecule has 1 aromatic carbocycles. The minimum atomic E-state index is -0.180. The van der Waals surface area contributed by atoms with Crippen molar-refractivity contribution in [3.63, 3.8) is 0 Å². The van der Waals surface area contributed by atoms with Crippen LogP contribution >= 0.6 is 11.8 Å². The van der Waals surface area contributed by atoms with Crippen molar-refractivity contribution >= 4 is 11.8 Å². The lowest BCUT2D eigenvalue weighted by Gasteiger charge is -2.06. The van der Waals surface area contributed by atoms with Gasteiger partial charge in [0.25, 0.3) is 0 Å². The maximum absolute atomic E-state index is 13.5. The molecule has 0 spiro atoms. The zero-order chi connectivity index (χ0) is 13.5. The number of benzene rings is 1. The second-order valence-corrected chi connectivity index (χ2v) is 4.98. The number of aromatic nitrogens is 3. The quantitative estimate of drug-likeness (QED) is 0.578. The summed E-state index contributed by atoms with van der Waals surface area (Å²) in [5.41, 5.74) is 0.680. The van der Waals surface area contributed by atoms with Crippen LogP contribution in [-0.2, 0) is 17.0 Å². The zero-order valence-electron chi connectivity index (χ0n) is 10.8. The van der Waals surface area contributed by atoms with E-state index in [1.54, 1.807) is 25.6 Å². The number of methoxy groups -OCH3 is 1. The number of hydrogen-bond donors (Lipinski definition) is 0. The van der Waals surface area contributed by atoms with E-state index in [2.05, 4.69) is 10.2 Å². The summed E-state index contributed by atoms with van der Waals surface area (Å²) >= 11 is 1.49. The Hall–Kier alpha value is -1.40. The topological polar surface area (TPSA) is 39.9 Å².